The van der Waals surface area contributed by atoms with Crippen LogP contribution in [0, 0.1) is 0 Å². The van der Waals surface area contributed by atoms with Gasteiger partial charge in [0.2, 0.25) is 5.91 Å². The van der Waals surface area contributed by atoms with E-state index in [1.807, 2.05) is 11.9 Å². The van der Waals surface area contributed by atoms with E-state index in [0.29, 0.717) is 12.1 Å². The van der Waals surface area contributed by atoms with Crippen LogP contribution in [0.3, 0.4) is 0 Å². The van der Waals surface area contributed by atoms with Gasteiger partial charge in [-0.05, 0) is 26.3 Å². The minimum absolute atomic E-state index is 0.211. The Morgan fingerprint density at radius 2 is 2.05 bits per heavy atom. The van der Waals surface area contributed by atoms with E-state index in [1.165, 1.54) is 0 Å². The molecule has 1 atom stereocenters. The largest absolute Gasteiger partial charge is 0.381 e. The first-order chi connectivity index (χ1) is 9.22. The van der Waals surface area contributed by atoms with Gasteiger partial charge in [0, 0.05) is 58.4 Å². The molecule has 2 rings (SSSR count). The van der Waals surface area contributed by atoms with Crippen LogP contribution in [0.4, 0.5) is 0 Å². The number of likely N-dealkylation sites (tertiary alicyclic amines) is 1. The number of ether oxygens (including phenoxy) is 1. The molecule has 2 aliphatic rings. The minimum atomic E-state index is 0.211. The van der Waals surface area contributed by atoms with E-state index in [9.17, 15) is 4.79 Å². The Morgan fingerprint density at radius 3 is 2.63 bits per heavy atom. The maximum atomic E-state index is 11.5. The Hall–Kier alpha value is -0.650. The van der Waals surface area contributed by atoms with Crippen molar-refractivity contribution < 1.29 is 9.53 Å². The van der Waals surface area contributed by atoms with E-state index in [-0.39, 0.29) is 5.91 Å². The summed E-state index contributed by atoms with van der Waals surface area (Å²) in [4.78, 5) is 16.1. The molecule has 0 aromatic heterocycles. The van der Waals surface area contributed by atoms with Gasteiger partial charge in [0.1, 0.15) is 0 Å². The molecular weight excluding hydrogens is 242 g/mol. The van der Waals surface area contributed by atoms with Gasteiger partial charge in [0.25, 0.3) is 0 Å². The highest BCUT2D eigenvalue weighted by atomic mass is 16.5. The summed E-state index contributed by atoms with van der Waals surface area (Å²) in [5, 5.41) is 3.24. The summed E-state index contributed by atoms with van der Waals surface area (Å²) < 4.78 is 5.47. The topological polar surface area (TPSA) is 44.8 Å². The molecule has 0 spiro atoms. The summed E-state index contributed by atoms with van der Waals surface area (Å²) >= 11 is 0. The molecule has 2 fully saturated rings. The highest BCUT2D eigenvalue weighted by Gasteiger charge is 2.33. The van der Waals surface area contributed by atoms with Crippen LogP contribution in [0.1, 0.15) is 26.2 Å². The third kappa shape index (κ3) is 3.91. The van der Waals surface area contributed by atoms with Crippen molar-refractivity contribution in [3.63, 3.8) is 0 Å². The zero-order valence-electron chi connectivity index (χ0n) is 12.2. The van der Waals surface area contributed by atoms with Gasteiger partial charge < -0.3 is 15.0 Å². The Morgan fingerprint density at radius 1 is 1.32 bits per heavy atom. The molecule has 0 bridgehead atoms. The van der Waals surface area contributed by atoms with Gasteiger partial charge in [-0.25, -0.2) is 0 Å². The van der Waals surface area contributed by atoms with Gasteiger partial charge in [-0.15, -0.1) is 0 Å². The summed E-state index contributed by atoms with van der Waals surface area (Å²) in [6.07, 6.45) is 3.36. The normalized spacial score (nSPS) is 25.2. The van der Waals surface area contributed by atoms with Crippen LogP contribution in [0.5, 0.6) is 0 Å². The van der Waals surface area contributed by atoms with Crippen LogP contribution in [0.25, 0.3) is 0 Å². The van der Waals surface area contributed by atoms with Crippen LogP contribution in [-0.2, 0) is 9.53 Å². The number of carbonyl (C=O) groups excluding carboxylic acids is 1. The molecule has 1 unspecified atom stereocenters. The first-order valence-corrected chi connectivity index (χ1v) is 7.46. The molecule has 0 saturated carbocycles. The maximum absolute atomic E-state index is 11.5. The zero-order valence-corrected chi connectivity index (χ0v) is 12.2. The van der Waals surface area contributed by atoms with Crippen molar-refractivity contribution in [3.8, 4) is 0 Å². The molecule has 2 aliphatic heterocycles. The quantitative estimate of drug-likeness (QED) is 0.780. The van der Waals surface area contributed by atoms with E-state index in [1.54, 1.807) is 6.92 Å². The van der Waals surface area contributed by atoms with Gasteiger partial charge in [-0.1, -0.05) is 0 Å². The van der Waals surface area contributed by atoms with E-state index in [0.717, 1.165) is 58.7 Å². The maximum Gasteiger partial charge on any atom is 0.219 e. The van der Waals surface area contributed by atoms with Crippen LogP contribution in [-0.4, -0.2) is 74.2 Å². The van der Waals surface area contributed by atoms with Crippen molar-refractivity contribution in [1.82, 2.24) is 15.1 Å². The summed E-state index contributed by atoms with van der Waals surface area (Å²) in [7, 11) is 2.00. The lowest BCUT2D eigenvalue weighted by Crippen LogP contribution is -2.49. The molecule has 0 aromatic rings. The third-order valence-electron chi connectivity index (χ3n) is 4.36. The SMILES string of the molecule is CNCCN(C1CCOCC1)C1CCN(C(C)=O)C1. The van der Waals surface area contributed by atoms with Crippen molar-refractivity contribution >= 4 is 5.91 Å². The summed E-state index contributed by atoms with van der Waals surface area (Å²) in [6, 6.07) is 1.15. The number of rotatable bonds is 5. The monoisotopic (exact) mass is 269 g/mol. The number of nitrogens with one attached hydrogen (secondary N) is 1. The molecule has 19 heavy (non-hydrogen) atoms. The third-order valence-corrected chi connectivity index (χ3v) is 4.36. The van der Waals surface area contributed by atoms with Gasteiger partial charge in [-0.2, -0.15) is 0 Å². The number of nitrogens with zero attached hydrogens (tertiary/aromatic N) is 2. The van der Waals surface area contributed by atoms with E-state index in [4.69, 9.17) is 4.74 Å². The van der Waals surface area contributed by atoms with Crippen molar-refractivity contribution in [1.29, 1.82) is 0 Å². The van der Waals surface area contributed by atoms with Gasteiger partial charge in [0.05, 0.1) is 0 Å². The van der Waals surface area contributed by atoms with Gasteiger partial charge >= 0.3 is 0 Å². The standard InChI is InChI=1S/C14H27N3O2/c1-12(18)16-7-3-14(11-16)17(8-6-15-2)13-4-9-19-10-5-13/h13-15H,3-11H2,1-2H3. The molecule has 1 amide bonds. The summed E-state index contributed by atoms with van der Waals surface area (Å²) in [6.45, 7) is 7.32. The highest BCUT2D eigenvalue weighted by molar-refractivity contribution is 5.73. The lowest BCUT2D eigenvalue weighted by molar-refractivity contribution is -0.128. The Kier molecular flexibility index (Phi) is 5.60. The van der Waals surface area contributed by atoms with Gasteiger partial charge in [0.15, 0.2) is 0 Å². The molecule has 1 N–H and O–H groups in total. The fourth-order valence-electron chi connectivity index (χ4n) is 3.22. The van der Waals surface area contributed by atoms with Crippen molar-refractivity contribution in [2.45, 2.75) is 38.3 Å². The average molecular weight is 269 g/mol. The fourth-order valence-corrected chi connectivity index (χ4v) is 3.22. The van der Waals surface area contributed by atoms with Crippen LogP contribution in [0.15, 0.2) is 0 Å². The van der Waals surface area contributed by atoms with E-state index in [2.05, 4.69) is 10.2 Å². The molecule has 0 radical (unpaired) electrons. The zero-order chi connectivity index (χ0) is 13.7. The predicted molar refractivity (Wildman–Crippen MR) is 75.1 cm³/mol. The predicted octanol–water partition coefficient (Wildman–Crippen LogP) is 0.308. The second-order valence-electron chi connectivity index (χ2n) is 5.59. The molecule has 5 heteroatoms. The van der Waals surface area contributed by atoms with Crippen molar-refractivity contribution in [2.24, 2.45) is 0 Å². The number of amides is 1. The second kappa shape index (κ2) is 7.22. The second-order valence-corrected chi connectivity index (χ2v) is 5.59. The average Bonchev–Trinajstić information content (AvgIpc) is 2.90. The molecular formula is C14H27N3O2. The Bertz CT molecular complexity index is 292. The number of hydrogen-bond donors (Lipinski definition) is 1. The summed E-state index contributed by atoms with van der Waals surface area (Å²) in [5.41, 5.74) is 0. The lowest BCUT2D eigenvalue weighted by atomic mass is 10.0. The molecule has 0 aliphatic carbocycles. The fraction of sp³-hybridized carbons (Fsp3) is 0.929. The number of hydrogen-bond acceptors (Lipinski definition) is 4. The Balaban J connectivity index is 1.94. The first kappa shape index (κ1) is 14.8. The van der Waals surface area contributed by atoms with Crippen molar-refractivity contribution in [2.75, 3.05) is 46.4 Å². The molecule has 2 saturated heterocycles. The number of carbonyl (C=O) groups is 1. The van der Waals surface area contributed by atoms with Crippen LogP contribution in [0.2, 0.25) is 0 Å². The minimum Gasteiger partial charge on any atom is -0.381 e. The van der Waals surface area contributed by atoms with Crippen molar-refractivity contribution in [3.05, 3.63) is 0 Å². The highest BCUT2D eigenvalue weighted by Crippen LogP contribution is 2.22. The first-order valence-electron chi connectivity index (χ1n) is 7.46. The van der Waals surface area contributed by atoms with Gasteiger partial charge in [-0.3, -0.25) is 9.69 Å². The summed E-state index contributed by atoms with van der Waals surface area (Å²) in [5.74, 6) is 0.211. The number of likely N-dealkylation sites (N-methyl/N-ethyl adjacent to an activating group) is 1. The molecule has 5 nitrogen and oxygen atoms in total. The smallest absolute Gasteiger partial charge is 0.219 e. The lowest BCUT2D eigenvalue weighted by Gasteiger charge is -2.38. The molecule has 110 valence electrons. The Labute approximate surface area is 116 Å². The van der Waals surface area contributed by atoms with E-state index >= 15 is 0 Å². The van der Waals surface area contributed by atoms with E-state index < -0.39 is 0 Å². The van der Waals surface area contributed by atoms with Crippen LogP contribution < -0.4 is 5.32 Å². The molecule has 2 heterocycles. The van der Waals surface area contributed by atoms with Crippen LogP contribution >= 0.6 is 0 Å². The molecule has 0 aromatic carbocycles.